The van der Waals surface area contributed by atoms with E-state index in [-0.39, 0.29) is 0 Å². The second-order valence-electron chi connectivity index (χ2n) is 23.5. The maximum Gasteiger partial charge on any atom is 0.187 e. The van der Waals surface area contributed by atoms with Gasteiger partial charge in [0.2, 0.25) is 0 Å². The molecule has 8 aliphatic heterocycles. The Hall–Kier alpha value is -1.52. The van der Waals surface area contributed by atoms with Crippen molar-refractivity contribution < 1.29 is 189 Å². The summed E-state index contributed by atoms with van der Waals surface area (Å²) in [7, 11) is 0. The van der Waals surface area contributed by atoms with Gasteiger partial charge in [-0.25, -0.2) is 0 Å². The van der Waals surface area contributed by atoms with E-state index in [1.807, 2.05) is 0 Å². The molecule has 0 aromatic rings. The first kappa shape index (κ1) is 73.3. The topological polar surface area (TPSA) is 604 Å². The van der Waals surface area contributed by atoms with Gasteiger partial charge < -0.3 is 189 Å². The first-order chi connectivity index (χ1) is 42.2. The summed E-state index contributed by atoms with van der Waals surface area (Å²) in [4.78, 5) is 0. The molecule has 0 amide bonds. The molecule has 0 bridgehead atoms. The summed E-state index contributed by atoms with van der Waals surface area (Å²) < 4.78 is 87.5. The van der Waals surface area contributed by atoms with Gasteiger partial charge in [0.25, 0.3) is 0 Å². The third-order valence-electron chi connectivity index (χ3n) is 17.7. The SMILES string of the molecule is CC1OC(CO)C(OC2OC(CO)C(OC3OC(COC4OC(COC5OC(CO)C(O)C(O)C5O)C(O)C(OC5OC(CO)C(O)C(O)C5O)C4O)C(O)C(OC4OC(CO)C(O)C(O)C4OC4OC(CO)C(O)C(O)C4O)C3O)C(O)C2C)C(O)C1C. The fraction of sp³-hybridized carbons (Fsp3) is 1.00. The molecule has 8 saturated heterocycles. The average Bonchev–Trinajstić information content (AvgIpc) is 0.924. The first-order valence-corrected chi connectivity index (χ1v) is 29.1. The van der Waals surface area contributed by atoms with E-state index in [1.165, 1.54) is 6.92 Å². The normalized spacial score (nSPS) is 53.6. The Morgan fingerprint density at radius 1 is 0.225 bits per heavy atom. The minimum Gasteiger partial charge on any atom is -0.394 e. The Bertz CT molecular complexity index is 2130. The van der Waals surface area contributed by atoms with Crippen molar-refractivity contribution in [3.05, 3.63) is 0 Å². The minimum atomic E-state index is -2.33. The summed E-state index contributed by atoms with van der Waals surface area (Å²) in [6, 6.07) is 0. The van der Waals surface area contributed by atoms with E-state index >= 15 is 0 Å². The van der Waals surface area contributed by atoms with Crippen molar-refractivity contribution in [2.75, 3.05) is 52.9 Å². The lowest BCUT2D eigenvalue weighted by Gasteiger charge is -2.50. The van der Waals surface area contributed by atoms with Gasteiger partial charge in [-0.1, -0.05) is 13.8 Å². The molecular weight excluding hydrogens is 1220 g/mol. The number of ether oxygens (including phenoxy) is 15. The van der Waals surface area contributed by atoms with E-state index in [0.29, 0.717) is 0 Å². The number of aliphatic hydroxyl groups is 23. The molecule has 23 N–H and O–H groups in total. The minimum absolute atomic E-state index is 0.519. The molecule has 0 aromatic carbocycles. The van der Waals surface area contributed by atoms with Gasteiger partial charge in [0.15, 0.2) is 44.0 Å². The van der Waals surface area contributed by atoms with E-state index in [2.05, 4.69) is 0 Å². The molecule has 8 rings (SSSR count). The van der Waals surface area contributed by atoms with E-state index in [4.69, 9.17) is 71.1 Å². The Balaban J connectivity index is 1.09. The Morgan fingerprint density at radius 2 is 0.517 bits per heavy atom. The van der Waals surface area contributed by atoms with E-state index in [1.54, 1.807) is 13.8 Å². The molecule has 38 nitrogen and oxygen atoms in total. The van der Waals surface area contributed by atoms with Crippen LogP contribution < -0.4 is 0 Å². The van der Waals surface area contributed by atoms with Crippen molar-refractivity contribution in [1.29, 1.82) is 0 Å². The largest absolute Gasteiger partial charge is 0.394 e. The van der Waals surface area contributed by atoms with Gasteiger partial charge in [-0.15, -0.1) is 0 Å². The third-order valence-corrected chi connectivity index (χ3v) is 17.7. The maximum atomic E-state index is 12.2. The molecule has 40 atom stereocenters. The maximum absolute atomic E-state index is 12.2. The first-order valence-electron chi connectivity index (χ1n) is 29.1. The van der Waals surface area contributed by atoms with E-state index in [0.717, 1.165) is 0 Å². The second kappa shape index (κ2) is 31.6. The lowest BCUT2D eigenvalue weighted by Crippen LogP contribution is -2.68. The van der Waals surface area contributed by atoms with Crippen LogP contribution in [0.15, 0.2) is 0 Å². The number of aliphatic hydroxyl groups excluding tert-OH is 23. The van der Waals surface area contributed by atoms with Gasteiger partial charge in [0.05, 0.1) is 71.2 Å². The molecule has 40 unspecified atom stereocenters. The van der Waals surface area contributed by atoms with Crippen LogP contribution >= 0.6 is 0 Å². The van der Waals surface area contributed by atoms with E-state index in [9.17, 15) is 117 Å². The van der Waals surface area contributed by atoms with Gasteiger partial charge in [0, 0.05) is 11.8 Å². The van der Waals surface area contributed by atoms with Crippen LogP contribution in [0.5, 0.6) is 0 Å². The van der Waals surface area contributed by atoms with Gasteiger partial charge in [-0.3, -0.25) is 0 Å². The van der Waals surface area contributed by atoms with Crippen molar-refractivity contribution in [1.82, 2.24) is 0 Å². The van der Waals surface area contributed by atoms with Crippen LogP contribution in [0.3, 0.4) is 0 Å². The lowest BCUT2D eigenvalue weighted by molar-refractivity contribution is -0.400. The highest BCUT2D eigenvalue weighted by Crippen LogP contribution is 2.39. The molecule has 8 fully saturated rings. The van der Waals surface area contributed by atoms with E-state index < -0.39 is 298 Å². The highest BCUT2D eigenvalue weighted by molar-refractivity contribution is 5.01. The molecule has 0 aliphatic carbocycles. The Morgan fingerprint density at radius 3 is 0.978 bits per heavy atom. The summed E-state index contributed by atoms with van der Waals surface area (Å²) in [5.74, 6) is -1.68. The van der Waals surface area contributed by atoms with Gasteiger partial charge in [-0.2, -0.15) is 0 Å². The van der Waals surface area contributed by atoms with Crippen molar-refractivity contribution in [3.63, 3.8) is 0 Å². The highest BCUT2D eigenvalue weighted by atomic mass is 16.8. The lowest BCUT2D eigenvalue weighted by atomic mass is 9.88. The van der Waals surface area contributed by atoms with Crippen LogP contribution in [0.25, 0.3) is 0 Å². The van der Waals surface area contributed by atoms with Crippen LogP contribution in [0, 0.1) is 11.8 Å². The van der Waals surface area contributed by atoms with Crippen LogP contribution in [-0.4, -0.2) is 404 Å². The number of hydrogen-bond acceptors (Lipinski definition) is 38. The molecule has 8 aliphatic rings. The predicted octanol–water partition coefficient (Wildman–Crippen LogP) is -14.8. The average molecular weight is 1310 g/mol. The van der Waals surface area contributed by atoms with Crippen molar-refractivity contribution in [2.45, 2.75) is 254 Å². The Kier molecular flexibility index (Phi) is 26.0. The molecule has 0 spiro atoms. The summed E-state index contributed by atoms with van der Waals surface area (Å²) in [6.45, 7) is -2.61. The summed E-state index contributed by atoms with van der Waals surface area (Å²) >= 11 is 0. The van der Waals surface area contributed by atoms with Gasteiger partial charge in [-0.05, 0) is 6.92 Å². The summed E-state index contributed by atoms with van der Waals surface area (Å²) in [5.41, 5.74) is 0. The van der Waals surface area contributed by atoms with Gasteiger partial charge in [0.1, 0.15) is 171 Å². The van der Waals surface area contributed by atoms with Crippen molar-refractivity contribution in [2.24, 2.45) is 11.8 Å². The molecule has 0 saturated carbocycles. The highest BCUT2D eigenvalue weighted by Gasteiger charge is 2.58. The zero-order valence-corrected chi connectivity index (χ0v) is 48.2. The summed E-state index contributed by atoms with van der Waals surface area (Å²) in [6.07, 6.45) is -71.0. The molecule has 38 heteroatoms. The predicted molar refractivity (Wildman–Crippen MR) is 274 cm³/mol. The van der Waals surface area contributed by atoms with Gasteiger partial charge >= 0.3 is 0 Å². The zero-order valence-electron chi connectivity index (χ0n) is 48.2. The third kappa shape index (κ3) is 15.4. The summed E-state index contributed by atoms with van der Waals surface area (Å²) in [5, 5.41) is 250. The zero-order chi connectivity index (χ0) is 65.4. The fourth-order valence-electron chi connectivity index (χ4n) is 11.8. The fourth-order valence-corrected chi connectivity index (χ4v) is 11.8. The van der Waals surface area contributed by atoms with Crippen molar-refractivity contribution in [3.8, 4) is 0 Å². The molecule has 520 valence electrons. The smallest absolute Gasteiger partial charge is 0.187 e. The second-order valence-corrected chi connectivity index (χ2v) is 23.5. The molecule has 8 heterocycles. The quantitative estimate of drug-likeness (QED) is 0.0479. The molecular formula is C51H88O38. The number of rotatable bonds is 22. The van der Waals surface area contributed by atoms with Crippen LogP contribution in [0.1, 0.15) is 20.8 Å². The molecule has 0 aromatic heterocycles. The molecule has 0 radical (unpaired) electrons. The van der Waals surface area contributed by atoms with Crippen LogP contribution in [-0.2, 0) is 71.1 Å². The standard InChI is InChI=1S/C51H88O38/c1-12-14(3)77-19(8-56)40(23(12)58)85-45-13(2)24(59)41(20(9-57)82-45)86-50-39(74)43(88-51-44(34(69)28(63)18(7-55)81-51)89-49-37(72)33(68)27(62)17(6-54)80-49)30(65)22(84-50)11-76-47-38(73)42(87-48-36(71)32(67)26(61)16(5-53)79-48)29(64)21(83-47)10-75-46-35(70)31(66)25(60)15(4-52)78-46/h12-74H,4-11H2,1-3H3. The monoisotopic (exact) mass is 1310 g/mol. The Labute approximate surface area is 506 Å². The van der Waals surface area contributed by atoms with Crippen LogP contribution in [0.2, 0.25) is 0 Å². The number of hydrogen-bond donors (Lipinski definition) is 23. The van der Waals surface area contributed by atoms with Crippen molar-refractivity contribution >= 4 is 0 Å². The van der Waals surface area contributed by atoms with Crippen LogP contribution in [0.4, 0.5) is 0 Å². The molecule has 89 heavy (non-hydrogen) atoms.